The van der Waals surface area contributed by atoms with E-state index in [1.807, 2.05) is 0 Å². The number of fused-ring (bicyclic) bond motifs is 2. The van der Waals surface area contributed by atoms with Crippen molar-refractivity contribution in [3.05, 3.63) is 6.07 Å². The summed E-state index contributed by atoms with van der Waals surface area (Å²) in [5.74, 6) is 6.70. The van der Waals surface area contributed by atoms with Gasteiger partial charge in [0.05, 0.1) is 18.2 Å². The highest BCUT2D eigenvalue weighted by Gasteiger charge is 2.40. The van der Waals surface area contributed by atoms with Crippen LogP contribution in [0.15, 0.2) is 6.07 Å². The highest BCUT2D eigenvalue weighted by Crippen LogP contribution is 2.35. The minimum atomic E-state index is 0.201. The fourth-order valence-electron chi connectivity index (χ4n) is 2.59. The Morgan fingerprint density at radius 1 is 1.29 bits per heavy atom. The molecule has 2 saturated heterocycles. The zero-order chi connectivity index (χ0) is 11.8. The Bertz CT molecular complexity index is 425. The molecule has 17 heavy (non-hydrogen) atoms. The van der Waals surface area contributed by atoms with Crippen LogP contribution in [0.5, 0.6) is 0 Å². The number of ether oxygens (including phenoxy) is 1. The van der Waals surface area contributed by atoms with Crippen LogP contribution in [0.4, 0.5) is 17.6 Å². The van der Waals surface area contributed by atoms with Crippen molar-refractivity contribution in [3.8, 4) is 0 Å². The third kappa shape index (κ3) is 1.98. The molecule has 3 heterocycles. The summed E-state index contributed by atoms with van der Waals surface area (Å²) < 4.78 is 5.77. The summed E-state index contributed by atoms with van der Waals surface area (Å²) in [5.41, 5.74) is 8.06. The van der Waals surface area contributed by atoms with Crippen LogP contribution in [0.3, 0.4) is 0 Å². The molecule has 0 aromatic carbocycles. The van der Waals surface area contributed by atoms with E-state index in [9.17, 15) is 0 Å². The number of anilines is 3. The first-order valence-electron chi connectivity index (χ1n) is 5.78. The average Bonchev–Trinajstić information content (AvgIpc) is 2.90. The number of hydrazine groups is 1. The largest absolute Gasteiger partial charge is 0.373 e. The van der Waals surface area contributed by atoms with Crippen molar-refractivity contribution in [2.24, 2.45) is 5.84 Å². The molecule has 0 radical (unpaired) electrons. The topological polar surface area (TPSA) is 111 Å². The standard InChI is InChI=1S/C10H16N6O/c11-10-14-8(4-9(15-10)16-12)13-6-3-5-1-2-7(6)17-5/h4-7H,1-3,12H2,(H4,11,13,14,15,16). The molecule has 2 bridgehead atoms. The second-order valence-corrected chi connectivity index (χ2v) is 4.50. The van der Waals surface area contributed by atoms with Crippen molar-refractivity contribution in [1.82, 2.24) is 9.97 Å². The SMILES string of the molecule is NNc1cc(NC2CC3CCC2O3)nc(N)n1. The van der Waals surface area contributed by atoms with Crippen LogP contribution < -0.4 is 22.3 Å². The molecule has 3 atom stereocenters. The fraction of sp³-hybridized carbons (Fsp3) is 0.600. The van der Waals surface area contributed by atoms with E-state index in [1.54, 1.807) is 6.07 Å². The normalized spacial score (nSPS) is 30.5. The maximum Gasteiger partial charge on any atom is 0.223 e. The van der Waals surface area contributed by atoms with Crippen LogP contribution in [-0.4, -0.2) is 28.2 Å². The summed E-state index contributed by atoms with van der Waals surface area (Å²) in [7, 11) is 0. The summed E-state index contributed by atoms with van der Waals surface area (Å²) >= 11 is 0. The van der Waals surface area contributed by atoms with E-state index in [4.69, 9.17) is 16.3 Å². The third-order valence-electron chi connectivity index (χ3n) is 3.33. The number of nitrogens with one attached hydrogen (secondary N) is 2. The van der Waals surface area contributed by atoms with E-state index in [0.717, 1.165) is 12.8 Å². The first-order chi connectivity index (χ1) is 8.24. The van der Waals surface area contributed by atoms with Gasteiger partial charge in [-0.25, -0.2) is 5.84 Å². The molecule has 2 aliphatic heterocycles. The van der Waals surface area contributed by atoms with Gasteiger partial charge in [-0.05, 0) is 19.3 Å². The summed E-state index contributed by atoms with van der Waals surface area (Å²) in [6.07, 6.45) is 4.02. The average molecular weight is 236 g/mol. The Balaban J connectivity index is 1.74. The first-order valence-corrected chi connectivity index (χ1v) is 5.78. The summed E-state index contributed by atoms with van der Waals surface area (Å²) in [5, 5.41) is 3.34. The van der Waals surface area contributed by atoms with E-state index in [2.05, 4.69) is 20.7 Å². The molecule has 7 nitrogen and oxygen atoms in total. The molecule has 0 spiro atoms. The third-order valence-corrected chi connectivity index (χ3v) is 3.33. The van der Waals surface area contributed by atoms with Crippen molar-refractivity contribution in [1.29, 1.82) is 0 Å². The Kier molecular flexibility index (Phi) is 2.49. The predicted octanol–water partition coefficient (Wildman–Crippen LogP) is 0.0762. The lowest BCUT2D eigenvalue weighted by Crippen LogP contribution is -2.31. The number of nitrogen functional groups attached to an aromatic ring is 2. The van der Waals surface area contributed by atoms with E-state index in [0.29, 0.717) is 29.9 Å². The van der Waals surface area contributed by atoms with E-state index >= 15 is 0 Å². The number of rotatable bonds is 3. The minimum absolute atomic E-state index is 0.201. The van der Waals surface area contributed by atoms with Crippen LogP contribution in [-0.2, 0) is 4.74 Å². The second-order valence-electron chi connectivity index (χ2n) is 4.50. The molecule has 0 aliphatic carbocycles. The Hall–Kier alpha value is -1.60. The first kappa shape index (κ1) is 10.5. The lowest BCUT2D eigenvalue weighted by molar-refractivity contribution is 0.102. The van der Waals surface area contributed by atoms with E-state index in [1.165, 1.54) is 6.42 Å². The molecule has 92 valence electrons. The van der Waals surface area contributed by atoms with Gasteiger partial charge in [0.1, 0.15) is 11.6 Å². The molecular formula is C10H16N6O. The number of nitrogens with zero attached hydrogens (tertiary/aromatic N) is 2. The van der Waals surface area contributed by atoms with Crippen molar-refractivity contribution in [2.45, 2.75) is 37.5 Å². The zero-order valence-electron chi connectivity index (χ0n) is 9.39. The van der Waals surface area contributed by atoms with Gasteiger partial charge in [0.2, 0.25) is 5.95 Å². The van der Waals surface area contributed by atoms with Crippen LogP contribution in [0.1, 0.15) is 19.3 Å². The van der Waals surface area contributed by atoms with Gasteiger partial charge in [0.25, 0.3) is 0 Å². The quantitative estimate of drug-likeness (QED) is 0.434. The number of hydrogen-bond donors (Lipinski definition) is 4. The molecule has 7 heteroatoms. The summed E-state index contributed by atoms with van der Waals surface area (Å²) in [6, 6.07) is 2.05. The number of aromatic nitrogens is 2. The van der Waals surface area contributed by atoms with E-state index in [-0.39, 0.29) is 5.95 Å². The van der Waals surface area contributed by atoms with Gasteiger partial charge >= 0.3 is 0 Å². The lowest BCUT2D eigenvalue weighted by Gasteiger charge is -2.20. The molecule has 0 amide bonds. The van der Waals surface area contributed by atoms with Gasteiger partial charge in [-0.15, -0.1) is 0 Å². The molecule has 2 fully saturated rings. The Morgan fingerprint density at radius 3 is 2.76 bits per heavy atom. The molecule has 2 aliphatic rings. The van der Waals surface area contributed by atoms with Gasteiger partial charge < -0.3 is 21.2 Å². The molecule has 0 saturated carbocycles. The molecular weight excluding hydrogens is 220 g/mol. The lowest BCUT2D eigenvalue weighted by atomic mass is 9.95. The monoisotopic (exact) mass is 236 g/mol. The summed E-state index contributed by atoms with van der Waals surface area (Å²) in [4.78, 5) is 8.07. The zero-order valence-corrected chi connectivity index (χ0v) is 9.39. The predicted molar refractivity (Wildman–Crippen MR) is 64.2 cm³/mol. The highest BCUT2D eigenvalue weighted by molar-refractivity contribution is 5.51. The Morgan fingerprint density at radius 2 is 2.12 bits per heavy atom. The molecule has 6 N–H and O–H groups in total. The smallest absolute Gasteiger partial charge is 0.223 e. The van der Waals surface area contributed by atoms with Crippen molar-refractivity contribution < 1.29 is 4.74 Å². The van der Waals surface area contributed by atoms with Gasteiger partial charge in [-0.2, -0.15) is 9.97 Å². The molecule has 3 unspecified atom stereocenters. The van der Waals surface area contributed by atoms with Crippen LogP contribution in [0.25, 0.3) is 0 Å². The number of nitrogens with two attached hydrogens (primary N) is 2. The van der Waals surface area contributed by atoms with Crippen LogP contribution in [0.2, 0.25) is 0 Å². The molecule has 1 aromatic rings. The maximum absolute atomic E-state index is 5.77. The molecule has 3 rings (SSSR count). The van der Waals surface area contributed by atoms with Crippen LogP contribution >= 0.6 is 0 Å². The van der Waals surface area contributed by atoms with Gasteiger partial charge in [0, 0.05) is 6.07 Å². The maximum atomic E-state index is 5.77. The number of hydrogen-bond acceptors (Lipinski definition) is 7. The summed E-state index contributed by atoms with van der Waals surface area (Å²) in [6.45, 7) is 0. The van der Waals surface area contributed by atoms with Crippen LogP contribution in [0, 0.1) is 0 Å². The molecule has 1 aromatic heterocycles. The highest BCUT2D eigenvalue weighted by atomic mass is 16.5. The van der Waals surface area contributed by atoms with Crippen molar-refractivity contribution >= 4 is 17.6 Å². The fourth-order valence-corrected chi connectivity index (χ4v) is 2.59. The van der Waals surface area contributed by atoms with Gasteiger partial charge in [-0.1, -0.05) is 0 Å². The Labute approximate surface area is 98.9 Å². The minimum Gasteiger partial charge on any atom is -0.373 e. The van der Waals surface area contributed by atoms with Crippen molar-refractivity contribution in [3.63, 3.8) is 0 Å². The van der Waals surface area contributed by atoms with E-state index < -0.39 is 0 Å². The van der Waals surface area contributed by atoms with Gasteiger partial charge in [0.15, 0.2) is 0 Å². The second kappa shape index (κ2) is 4.01. The van der Waals surface area contributed by atoms with Gasteiger partial charge in [-0.3, -0.25) is 0 Å². The van der Waals surface area contributed by atoms with Crippen molar-refractivity contribution in [2.75, 3.05) is 16.5 Å².